The third-order valence-electron chi connectivity index (χ3n) is 3.60. The summed E-state index contributed by atoms with van der Waals surface area (Å²) in [6, 6.07) is 2.97. The molecule has 0 fully saturated rings. The Kier molecular flexibility index (Phi) is 17.8. The predicted molar refractivity (Wildman–Crippen MR) is 90.4 cm³/mol. The second-order valence-electron chi connectivity index (χ2n) is 5.44. The Morgan fingerprint density at radius 1 is 0.667 bits per heavy atom. The van der Waals surface area contributed by atoms with Gasteiger partial charge in [0.05, 0.1) is 0 Å². The highest BCUT2D eigenvalue weighted by molar-refractivity contribution is 6.33. The Balaban J connectivity index is 2.86. The maximum Gasteiger partial charge on any atom is 0.161 e. The molecule has 0 aliphatic rings. The van der Waals surface area contributed by atoms with Gasteiger partial charge in [-0.25, -0.2) is 0 Å². The summed E-state index contributed by atoms with van der Waals surface area (Å²) in [5.74, 6) is 0. The molecule has 0 radical (unpaired) electrons. The molecule has 0 saturated heterocycles. The zero-order valence-electron chi connectivity index (χ0n) is 13.0. The van der Waals surface area contributed by atoms with Crippen LogP contribution in [0.2, 0.25) is 18.6 Å². The zero-order valence-corrected chi connectivity index (χ0v) is 15.8. The lowest BCUT2D eigenvalue weighted by Crippen LogP contribution is -1.96. The van der Waals surface area contributed by atoms with E-state index >= 15 is 0 Å². The normalized spacial score (nSPS) is 12.3. The minimum absolute atomic E-state index is 0.144. The topological polar surface area (TPSA) is 9.23 Å². The second kappa shape index (κ2) is 17.4. The first-order valence-corrected chi connectivity index (χ1v) is 12.5. The van der Waals surface area contributed by atoms with Crippen molar-refractivity contribution in [3.8, 4) is 0 Å². The summed E-state index contributed by atoms with van der Waals surface area (Å²) in [4.78, 5) is 0. The largest absolute Gasteiger partial charge is 0.424 e. The van der Waals surface area contributed by atoms with Gasteiger partial charge in [-0.2, -0.15) is 0 Å². The van der Waals surface area contributed by atoms with Gasteiger partial charge in [-0.05, 0) is 13.0 Å². The molecule has 110 valence electrons. The second-order valence-corrected chi connectivity index (χ2v) is 8.67. The lowest BCUT2D eigenvalue weighted by molar-refractivity contribution is 0.358. The lowest BCUT2D eigenvalue weighted by atomic mass is 10.1. The molecule has 1 nitrogen and oxygen atoms in total. The van der Waals surface area contributed by atoms with Gasteiger partial charge in [0.1, 0.15) is 0 Å². The van der Waals surface area contributed by atoms with Crippen LogP contribution in [-0.2, 0) is 4.43 Å². The summed E-state index contributed by atoms with van der Waals surface area (Å²) in [6.45, 7) is 5.47. The molecule has 0 amide bonds. The molecular formula is C15H36OSi2. The summed E-state index contributed by atoms with van der Waals surface area (Å²) in [5, 5.41) is 0. The highest BCUT2D eigenvalue weighted by Gasteiger charge is 1.94. The van der Waals surface area contributed by atoms with Crippen LogP contribution in [0.15, 0.2) is 0 Å². The van der Waals surface area contributed by atoms with Gasteiger partial charge in [-0.15, -0.1) is 0 Å². The maximum absolute atomic E-state index is 5.47. The van der Waals surface area contributed by atoms with Crippen molar-refractivity contribution < 1.29 is 4.43 Å². The average molecular weight is 289 g/mol. The minimum Gasteiger partial charge on any atom is -0.424 e. The minimum atomic E-state index is -0.144. The van der Waals surface area contributed by atoms with E-state index in [1.54, 1.807) is 6.04 Å². The van der Waals surface area contributed by atoms with E-state index in [2.05, 4.69) is 13.5 Å². The van der Waals surface area contributed by atoms with Gasteiger partial charge >= 0.3 is 0 Å². The quantitative estimate of drug-likeness (QED) is 0.326. The molecule has 0 aromatic carbocycles. The number of hydrogen-bond donors (Lipinski definition) is 0. The lowest BCUT2D eigenvalue weighted by Gasteiger charge is -2.03. The molecule has 0 rings (SSSR count). The third kappa shape index (κ3) is 16.4. The van der Waals surface area contributed by atoms with E-state index in [0.717, 1.165) is 6.61 Å². The van der Waals surface area contributed by atoms with E-state index in [-0.39, 0.29) is 9.76 Å². The van der Waals surface area contributed by atoms with Crippen LogP contribution in [0, 0.1) is 0 Å². The monoisotopic (exact) mass is 288 g/mol. The van der Waals surface area contributed by atoms with Gasteiger partial charge in [0.2, 0.25) is 0 Å². The highest BCUT2D eigenvalue weighted by atomic mass is 28.2. The fourth-order valence-electron chi connectivity index (χ4n) is 2.37. The molecule has 0 aliphatic carbocycles. The van der Waals surface area contributed by atoms with Crippen molar-refractivity contribution in [2.45, 2.75) is 89.8 Å². The summed E-state index contributed by atoms with van der Waals surface area (Å²) >= 11 is 0. The predicted octanol–water partition coefficient (Wildman–Crippen LogP) is 4.06. The number of rotatable bonds is 15. The first kappa shape index (κ1) is 18.4. The van der Waals surface area contributed by atoms with E-state index in [1.807, 2.05) is 0 Å². The van der Waals surface area contributed by atoms with E-state index in [0.29, 0.717) is 9.52 Å². The zero-order chi connectivity index (χ0) is 13.3. The fraction of sp³-hybridized carbons (Fsp3) is 1.00. The molecule has 0 aromatic heterocycles. The first-order chi connectivity index (χ1) is 8.91. The third-order valence-corrected chi connectivity index (χ3v) is 6.29. The molecule has 0 N–H and O–H groups in total. The van der Waals surface area contributed by atoms with Crippen LogP contribution in [0.3, 0.4) is 0 Å². The Labute approximate surface area is 120 Å². The van der Waals surface area contributed by atoms with E-state index < -0.39 is 0 Å². The van der Waals surface area contributed by atoms with Crippen molar-refractivity contribution in [1.29, 1.82) is 0 Å². The first-order valence-electron chi connectivity index (χ1n) is 8.49. The van der Waals surface area contributed by atoms with Gasteiger partial charge < -0.3 is 4.43 Å². The van der Waals surface area contributed by atoms with E-state index in [1.165, 1.54) is 70.3 Å². The smallest absolute Gasteiger partial charge is 0.161 e. The Morgan fingerprint density at radius 3 is 1.56 bits per heavy atom. The van der Waals surface area contributed by atoms with Crippen molar-refractivity contribution in [3.05, 3.63) is 0 Å². The Hall–Kier alpha value is 0.394. The fourth-order valence-corrected chi connectivity index (χ4v) is 4.27. The molecule has 0 unspecified atom stereocenters. The summed E-state index contributed by atoms with van der Waals surface area (Å²) in [7, 11) is 0.202. The van der Waals surface area contributed by atoms with Gasteiger partial charge in [-0.1, -0.05) is 76.8 Å². The van der Waals surface area contributed by atoms with Crippen LogP contribution < -0.4 is 0 Å². The van der Waals surface area contributed by atoms with Crippen molar-refractivity contribution in [1.82, 2.24) is 0 Å². The highest BCUT2D eigenvalue weighted by Crippen LogP contribution is 2.11. The Morgan fingerprint density at radius 2 is 1.11 bits per heavy atom. The molecule has 0 aromatic rings. The maximum atomic E-state index is 5.47. The van der Waals surface area contributed by atoms with Crippen molar-refractivity contribution >= 4 is 19.3 Å². The van der Waals surface area contributed by atoms with Crippen molar-refractivity contribution in [2.24, 2.45) is 0 Å². The average Bonchev–Trinajstić information content (AvgIpc) is 2.39. The van der Waals surface area contributed by atoms with Gasteiger partial charge in [-0.3, -0.25) is 0 Å². The SMILES string of the molecule is CCO[SiH2]CCCCCCCCCCCC[SiH2]C. The van der Waals surface area contributed by atoms with Crippen LogP contribution in [0.5, 0.6) is 0 Å². The van der Waals surface area contributed by atoms with E-state index in [9.17, 15) is 0 Å². The number of unbranched alkanes of at least 4 members (excludes halogenated alkanes) is 9. The van der Waals surface area contributed by atoms with Crippen LogP contribution in [0.25, 0.3) is 0 Å². The van der Waals surface area contributed by atoms with Crippen LogP contribution in [0.4, 0.5) is 0 Å². The molecule has 0 atom stereocenters. The van der Waals surface area contributed by atoms with E-state index in [4.69, 9.17) is 4.43 Å². The summed E-state index contributed by atoms with van der Waals surface area (Å²) in [6.07, 6.45) is 14.8. The van der Waals surface area contributed by atoms with Gasteiger partial charge in [0, 0.05) is 16.1 Å². The summed E-state index contributed by atoms with van der Waals surface area (Å²) < 4.78 is 5.47. The Bertz CT molecular complexity index is 126. The molecule has 0 saturated carbocycles. The molecule has 0 spiro atoms. The van der Waals surface area contributed by atoms with Crippen molar-refractivity contribution in [2.75, 3.05) is 6.61 Å². The number of hydrogen-bond acceptors (Lipinski definition) is 1. The van der Waals surface area contributed by atoms with Gasteiger partial charge in [0.25, 0.3) is 0 Å². The van der Waals surface area contributed by atoms with Gasteiger partial charge in [0.15, 0.2) is 9.76 Å². The molecule has 0 aliphatic heterocycles. The molecular weight excluding hydrogens is 252 g/mol. The molecule has 0 bridgehead atoms. The molecule has 0 heterocycles. The summed E-state index contributed by atoms with van der Waals surface area (Å²) in [5.41, 5.74) is 0. The van der Waals surface area contributed by atoms with Crippen LogP contribution in [-0.4, -0.2) is 25.9 Å². The van der Waals surface area contributed by atoms with Crippen LogP contribution in [0.1, 0.15) is 71.1 Å². The van der Waals surface area contributed by atoms with Crippen molar-refractivity contribution in [3.63, 3.8) is 0 Å². The van der Waals surface area contributed by atoms with Crippen LogP contribution >= 0.6 is 0 Å². The standard InChI is InChI=1S/C15H36OSi2/c1-3-16-18-15-13-11-9-7-5-4-6-8-10-12-14-17-2/h3-15,17-18H2,1-2H3. The molecule has 18 heavy (non-hydrogen) atoms. The molecule has 3 heteroatoms.